The molecule has 106 valence electrons. The van der Waals surface area contributed by atoms with E-state index in [1.807, 2.05) is 25.1 Å². The topological polar surface area (TPSA) is 73.8 Å². The molecule has 21 heavy (non-hydrogen) atoms. The summed E-state index contributed by atoms with van der Waals surface area (Å²) in [7, 11) is 0. The first kappa shape index (κ1) is 13.5. The smallest absolute Gasteiger partial charge is 0.152 e. The van der Waals surface area contributed by atoms with E-state index in [2.05, 4.69) is 20.5 Å². The molecule has 0 spiro atoms. The van der Waals surface area contributed by atoms with Crippen molar-refractivity contribution in [3.8, 4) is 17.0 Å². The van der Waals surface area contributed by atoms with E-state index in [4.69, 9.17) is 11.6 Å². The largest absolute Gasteiger partial charge is 0.506 e. The number of aromatic hydroxyl groups is 1. The van der Waals surface area contributed by atoms with E-state index in [1.165, 1.54) is 0 Å². The van der Waals surface area contributed by atoms with Crippen LogP contribution in [0.2, 0.25) is 5.15 Å². The Hall–Kier alpha value is -2.53. The number of phenols is 1. The summed E-state index contributed by atoms with van der Waals surface area (Å²) in [5, 5.41) is 20.5. The number of para-hydroxylation sites is 1. The Morgan fingerprint density at radius 1 is 1.24 bits per heavy atom. The van der Waals surface area contributed by atoms with E-state index in [9.17, 15) is 5.11 Å². The van der Waals surface area contributed by atoms with Crippen LogP contribution in [0.1, 0.15) is 5.56 Å². The van der Waals surface area contributed by atoms with Crippen molar-refractivity contribution >= 4 is 23.1 Å². The predicted molar refractivity (Wildman–Crippen MR) is 83.0 cm³/mol. The van der Waals surface area contributed by atoms with Crippen molar-refractivity contribution in [2.45, 2.75) is 6.92 Å². The van der Waals surface area contributed by atoms with Crippen LogP contribution in [0.15, 0.2) is 42.6 Å². The number of aromatic amines is 1. The number of aryl methyl sites for hydroxylation is 1. The van der Waals surface area contributed by atoms with Gasteiger partial charge in [0.15, 0.2) is 5.82 Å². The minimum absolute atomic E-state index is 0.188. The zero-order valence-corrected chi connectivity index (χ0v) is 12.0. The number of nitrogens with zero attached hydrogens (tertiary/aromatic N) is 2. The van der Waals surface area contributed by atoms with Gasteiger partial charge in [-0.3, -0.25) is 5.10 Å². The molecule has 0 atom stereocenters. The van der Waals surface area contributed by atoms with Crippen LogP contribution in [-0.4, -0.2) is 20.3 Å². The lowest BCUT2D eigenvalue weighted by atomic mass is 10.2. The fraction of sp³-hybridized carbons (Fsp3) is 0.0667. The maximum absolute atomic E-state index is 9.88. The van der Waals surface area contributed by atoms with Gasteiger partial charge in [0.25, 0.3) is 0 Å². The normalized spacial score (nSPS) is 10.6. The molecule has 0 saturated heterocycles. The van der Waals surface area contributed by atoms with Crippen molar-refractivity contribution in [3.05, 3.63) is 53.3 Å². The van der Waals surface area contributed by atoms with Crippen LogP contribution in [0.4, 0.5) is 11.5 Å². The van der Waals surface area contributed by atoms with E-state index in [0.717, 1.165) is 16.8 Å². The molecule has 5 nitrogen and oxygen atoms in total. The van der Waals surface area contributed by atoms with Crippen LogP contribution in [0.5, 0.6) is 5.75 Å². The van der Waals surface area contributed by atoms with Crippen molar-refractivity contribution in [1.82, 2.24) is 15.2 Å². The molecule has 0 bridgehead atoms. The monoisotopic (exact) mass is 300 g/mol. The summed E-state index contributed by atoms with van der Waals surface area (Å²) >= 11 is 5.77. The third-order valence-electron chi connectivity index (χ3n) is 3.12. The summed E-state index contributed by atoms with van der Waals surface area (Å²) in [6, 6.07) is 10.8. The second-order valence-electron chi connectivity index (χ2n) is 4.63. The lowest BCUT2D eigenvalue weighted by Gasteiger charge is -2.08. The zero-order chi connectivity index (χ0) is 14.8. The van der Waals surface area contributed by atoms with Crippen LogP contribution in [0.3, 0.4) is 0 Å². The van der Waals surface area contributed by atoms with Gasteiger partial charge in [0, 0.05) is 17.8 Å². The molecule has 0 aliphatic carbocycles. The van der Waals surface area contributed by atoms with E-state index in [0.29, 0.717) is 16.7 Å². The third kappa shape index (κ3) is 2.83. The molecule has 3 N–H and O–H groups in total. The second-order valence-corrected chi connectivity index (χ2v) is 5.02. The SMILES string of the molecule is Cc1cccc(O)c1Nc1cc(-c2ccc(Cl)nc2)[nH]n1. The number of anilines is 2. The Bertz CT molecular complexity index is 747. The number of nitrogens with one attached hydrogen (secondary N) is 2. The van der Waals surface area contributed by atoms with Gasteiger partial charge < -0.3 is 10.4 Å². The molecule has 0 radical (unpaired) electrons. The number of hydrogen-bond donors (Lipinski definition) is 3. The van der Waals surface area contributed by atoms with Crippen LogP contribution < -0.4 is 5.32 Å². The highest BCUT2D eigenvalue weighted by Crippen LogP contribution is 2.30. The van der Waals surface area contributed by atoms with Gasteiger partial charge in [0.1, 0.15) is 10.9 Å². The Labute approximate surface area is 126 Å². The van der Waals surface area contributed by atoms with Gasteiger partial charge in [-0.05, 0) is 30.7 Å². The molecule has 0 amide bonds. The quantitative estimate of drug-likeness (QED) is 0.507. The summed E-state index contributed by atoms with van der Waals surface area (Å²) in [5.41, 5.74) is 3.28. The number of H-pyrrole nitrogens is 1. The van der Waals surface area contributed by atoms with Gasteiger partial charge in [-0.25, -0.2) is 4.98 Å². The minimum atomic E-state index is 0.188. The molecule has 6 heteroatoms. The highest BCUT2D eigenvalue weighted by molar-refractivity contribution is 6.29. The van der Waals surface area contributed by atoms with Gasteiger partial charge in [-0.2, -0.15) is 5.10 Å². The Balaban J connectivity index is 1.87. The van der Waals surface area contributed by atoms with Crippen molar-refractivity contribution < 1.29 is 5.11 Å². The summed E-state index contributed by atoms with van der Waals surface area (Å²) in [4.78, 5) is 4.03. The highest BCUT2D eigenvalue weighted by Gasteiger charge is 2.08. The molecule has 1 aromatic carbocycles. The predicted octanol–water partition coefficient (Wildman–Crippen LogP) is 3.88. The summed E-state index contributed by atoms with van der Waals surface area (Å²) < 4.78 is 0. The van der Waals surface area contributed by atoms with Crippen molar-refractivity contribution in [1.29, 1.82) is 0 Å². The van der Waals surface area contributed by atoms with E-state index in [-0.39, 0.29) is 5.75 Å². The number of rotatable bonds is 3. The molecule has 0 unspecified atom stereocenters. The molecule has 0 aliphatic rings. The fourth-order valence-electron chi connectivity index (χ4n) is 2.01. The van der Waals surface area contributed by atoms with Gasteiger partial charge >= 0.3 is 0 Å². The van der Waals surface area contributed by atoms with Gasteiger partial charge in [0.05, 0.1) is 11.4 Å². The Morgan fingerprint density at radius 3 is 2.81 bits per heavy atom. The lowest BCUT2D eigenvalue weighted by Crippen LogP contribution is -1.93. The molecule has 3 rings (SSSR count). The number of benzene rings is 1. The number of halogens is 1. The summed E-state index contributed by atoms with van der Waals surface area (Å²) in [5.74, 6) is 0.803. The first-order valence-corrected chi connectivity index (χ1v) is 6.74. The standard InChI is InChI=1S/C15H13ClN4O/c1-9-3-2-4-12(21)15(9)18-14-7-11(19-20-14)10-5-6-13(16)17-8-10/h2-8,21H,1H3,(H2,18,19,20). The molecule has 2 aromatic heterocycles. The van der Waals surface area contributed by atoms with Crippen molar-refractivity contribution in [3.63, 3.8) is 0 Å². The van der Waals surface area contributed by atoms with Crippen molar-refractivity contribution in [2.75, 3.05) is 5.32 Å². The fourth-order valence-corrected chi connectivity index (χ4v) is 2.12. The van der Waals surface area contributed by atoms with Gasteiger partial charge in [0.2, 0.25) is 0 Å². The highest BCUT2D eigenvalue weighted by atomic mass is 35.5. The summed E-state index contributed by atoms with van der Waals surface area (Å²) in [6.07, 6.45) is 1.67. The second kappa shape index (κ2) is 5.46. The van der Waals surface area contributed by atoms with Crippen LogP contribution in [-0.2, 0) is 0 Å². The van der Waals surface area contributed by atoms with Crippen LogP contribution >= 0.6 is 11.6 Å². The average molecular weight is 301 g/mol. The first-order chi connectivity index (χ1) is 10.1. The van der Waals surface area contributed by atoms with Crippen LogP contribution in [0.25, 0.3) is 11.3 Å². The van der Waals surface area contributed by atoms with Gasteiger partial charge in [-0.15, -0.1) is 0 Å². The molecular weight excluding hydrogens is 288 g/mol. The van der Waals surface area contributed by atoms with E-state index < -0.39 is 0 Å². The number of phenolic OH excluding ortho intramolecular Hbond substituents is 1. The Kier molecular flexibility index (Phi) is 3.50. The molecule has 0 saturated carbocycles. The van der Waals surface area contributed by atoms with Gasteiger partial charge in [-0.1, -0.05) is 23.7 Å². The number of aromatic nitrogens is 3. The molecule has 0 fully saturated rings. The average Bonchev–Trinajstić information content (AvgIpc) is 2.92. The number of pyridine rings is 1. The third-order valence-corrected chi connectivity index (χ3v) is 3.34. The molecule has 2 heterocycles. The number of hydrogen-bond acceptors (Lipinski definition) is 4. The van der Waals surface area contributed by atoms with Crippen LogP contribution in [0, 0.1) is 6.92 Å². The van der Waals surface area contributed by atoms with Crippen molar-refractivity contribution in [2.24, 2.45) is 0 Å². The first-order valence-electron chi connectivity index (χ1n) is 6.36. The van der Waals surface area contributed by atoms with E-state index >= 15 is 0 Å². The summed E-state index contributed by atoms with van der Waals surface area (Å²) in [6.45, 7) is 1.92. The molecular formula is C15H13ClN4O. The maximum atomic E-state index is 9.88. The minimum Gasteiger partial charge on any atom is -0.506 e. The lowest BCUT2D eigenvalue weighted by molar-refractivity contribution is 0.477. The molecule has 3 aromatic rings. The van der Waals surface area contributed by atoms with E-state index in [1.54, 1.807) is 24.4 Å². The Morgan fingerprint density at radius 2 is 2.10 bits per heavy atom. The zero-order valence-electron chi connectivity index (χ0n) is 11.3. The maximum Gasteiger partial charge on any atom is 0.152 e. The molecule has 0 aliphatic heterocycles.